The van der Waals surface area contributed by atoms with E-state index in [1.807, 2.05) is 19.1 Å². The number of esters is 1. The van der Waals surface area contributed by atoms with E-state index in [-0.39, 0.29) is 17.1 Å². The van der Waals surface area contributed by atoms with Gasteiger partial charge in [-0.05, 0) is 55.0 Å². The maximum Gasteiger partial charge on any atom is 0.343 e. The molecular formula is C24H19FO4. The van der Waals surface area contributed by atoms with Crippen LogP contribution in [-0.2, 0) is 0 Å². The van der Waals surface area contributed by atoms with E-state index in [2.05, 4.69) is 0 Å². The van der Waals surface area contributed by atoms with E-state index >= 15 is 0 Å². The topological polar surface area (TPSA) is 52.6 Å². The van der Waals surface area contributed by atoms with Crippen molar-refractivity contribution in [3.8, 4) is 11.5 Å². The van der Waals surface area contributed by atoms with Crippen LogP contribution in [0.5, 0.6) is 11.5 Å². The molecule has 0 atom stereocenters. The van der Waals surface area contributed by atoms with Gasteiger partial charge in [0, 0.05) is 5.56 Å². The van der Waals surface area contributed by atoms with E-state index in [0.29, 0.717) is 16.9 Å². The zero-order valence-electron chi connectivity index (χ0n) is 16.0. The van der Waals surface area contributed by atoms with Crippen molar-refractivity contribution in [2.24, 2.45) is 0 Å². The number of hydrogen-bond donors (Lipinski definition) is 0. The van der Waals surface area contributed by atoms with E-state index in [1.54, 1.807) is 36.4 Å². The smallest absolute Gasteiger partial charge is 0.343 e. The van der Waals surface area contributed by atoms with Gasteiger partial charge >= 0.3 is 5.97 Å². The minimum absolute atomic E-state index is 0.115. The maximum atomic E-state index is 13.0. The van der Waals surface area contributed by atoms with Gasteiger partial charge in [-0.2, -0.15) is 0 Å². The van der Waals surface area contributed by atoms with Crippen molar-refractivity contribution in [3.63, 3.8) is 0 Å². The van der Waals surface area contributed by atoms with E-state index in [9.17, 15) is 14.0 Å². The van der Waals surface area contributed by atoms with Gasteiger partial charge in [-0.1, -0.05) is 42.0 Å². The molecule has 0 fully saturated rings. The van der Waals surface area contributed by atoms with Crippen molar-refractivity contribution in [2.75, 3.05) is 7.11 Å². The highest BCUT2D eigenvalue weighted by Gasteiger charge is 2.13. The lowest BCUT2D eigenvalue weighted by Gasteiger charge is -2.10. The summed E-state index contributed by atoms with van der Waals surface area (Å²) in [5.41, 5.74) is 2.62. The molecular weight excluding hydrogens is 371 g/mol. The zero-order chi connectivity index (χ0) is 20.8. The van der Waals surface area contributed by atoms with Crippen LogP contribution in [0, 0.1) is 12.7 Å². The fraction of sp³-hybridized carbons (Fsp3) is 0.0833. The molecule has 0 bridgehead atoms. The number of methoxy groups -OCH3 is 1. The molecule has 0 heterocycles. The van der Waals surface area contributed by atoms with Crippen molar-refractivity contribution in [2.45, 2.75) is 6.92 Å². The molecule has 29 heavy (non-hydrogen) atoms. The van der Waals surface area contributed by atoms with E-state index < -0.39 is 11.8 Å². The second-order valence-electron chi connectivity index (χ2n) is 6.37. The predicted molar refractivity (Wildman–Crippen MR) is 109 cm³/mol. The number of allylic oxidation sites excluding steroid dienone is 1. The molecule has 4 nitrogen and oxygen atoms in total. The first-order valence-corrected chi connectivity index (χ1v) is 8.91. The Kier molecular flexibility index (Phi) is 6.19. The molecule has 3 aromatic rings. The average molecular weight is 390 g/mol. The molecule has 3 rings (SSSR count). The van der Waals surface area contributed by atoms with Crippen LogP contribution in [0.15, 0.2) is 72.8 Å². The molecule has 0 amide bonds. The van der Waals surface area contributed by atoms with Gasteiger partial charge in [-0.15, -0.1) is 0 Å². The summed E-state index contributed by atoms with van der Waals surface area (Å²) in [4.78, 5) is 24.5. The molecule has 0 saturated heterocycles. The van der Waals surface area contributed by atoms with Crippen LogP contribution in [0.2, 0.25) is 0 Å². The van der Waals surface area contributed by atoms with Gasteiger partial charge in [0.2, 0.25) is 0 Å². The second kappa shape index (κ2) is 8.97. The fourth-order valence-corrected chi connectivity index (χ4v) is 2.60. The van der Waals surface area contributed by atoms with Crippen LogP contribution in [-0.4, -0.2) is 18.9 Å². The average Bonchev–Trinajstić information content (AvgIpc) is 2.73. The Labute approximate surface area is 168 Å². The van der Waals surface area contributed by atoms with Gasteiger partial charge in [0.05, 0.1) is 12.7 Å². The standard InChI is InChI=1S/C24H19FO4/c1-16-3-7-18(8-4-16)21(26)13-5-17-6-14-22(23(15-17)28-2)29-24(27)19-9-11-20(25)12-10-19/h3-15H,1-2H3. The highest BCUT2D eigenvalue weighted by Crippen LogP contribution is 2.29. The Morgan fingerprint density at radius 3 is 2.17 bits per heavy atom. The van der Waals surface area contributed by atoms with Gasteiger partial charge in [0.25, 0.3) is 0 Å². The number of carbonyl (C=O) groups excluding carboxylic acids is 2. The number of ketones is 1. The SMILES string of the molecule is COc1cc(C=CC(=O)c2ccc(C)cc2)ccc1OC(=O)c1ccc(F)cc1. The molecule has 0 saturated carbocycles. The zero-order valence-corrected chi connectivity index (χ0v) is 16.0. The predicted octanol–water partition coefficient (Wildman–Crippen LogP) is 5.26. The molecule has 0 aromatic heterocycles. The molecule has 0 unspecified atom stereocenters. The molecule has 0 aliphatic rings. The fourth-order valence-electron chi connectivity index (χ4n) is 2.60. The van der Waals surface area contributed by atoms with Crippen LogP contribution in [0.4, 0.5) is 4.39 Å². The van der Waals surface area contributed by atoms with Gasteiger partial charge in [-0.25, -0.2) is 9.18 Å². The third-order valence-corrected chi connectivity index (χ3v) is 4.23. The molecule has 0 spiro atoms. The van der Waals surface area contributed by atoms with Crippen LogP contribution >= 0.6 is 0 Å². The van der Waals surface area contributed by atoms with Crippen molar-refractivity contribution in [1.82, 2.24) is 0 Å². The molecule has 0 radical (unpaired) electrons. The van der Waals surface area contributed by atoms with E-state index in [4.69, 9.17) is 9.47 Å². The number of halogens is 1. The summed E-state index contributed by atoms with van der Waals surface area (Å²) in [6.07, 6.45) is 3.14. The van der Waals surface area contributed by atoms with E-state index in [0.717, 1.165) is 5.56 Å². The highest BCUT2D eigenvalue weighted by atomic mass is 19.1. The Morgan fingerprint density at radius 2 is 1.52 bits per heavy atom. The molecule has 0 N–H and O–H groups in total. The molecule has 3 aromatic carbocycles. The Balaban J connectivity index is 1.74. The van der Waals surface area contributed by atoms with Crippen molar-refractivity contribution in [1.29, 1.82) is 0 Å². The van der Waals surface area contributed by atoms with Crippen LogP contribution < -0.4 is 9.47 Å². The lowest BCUT2D eigenvalue weighted by atomic mass is 10.1. The summed E-state index contributed by atoms with van der Waals surface area (Å²) in [7, 11) is 1.45. The molecule has 146 valence electrons. The second-order valence-corrected chi connectivity index (χ2v) is 6.37. The van der Waals surface area contributed by atoms with Crippen molar-refractivity contribution in [3.05, 3.63) is 101 Å². The Bertz CT molecular complexity index is 1050. The third-order valence-electron chi connectivity index (χ3n) is 4.23. The van der Waals surface area contributed by atoms with Gasteiger partial charge in [0.1, 0.15) is 5.82 Å². The first kappa shape index (κ1) is 20.0. The number of aryl methyl sites for hydroxylation is 1. The number of ether oxygens (including phenoxy) is 2. The van der Waals surface area contributed by atoms with Crippen molar-refractivity contribution >= 4 is 17.8 Å². The van der Waals surface area contributed by atoms with Gasteiger partial charge in [0.15, 0.2) is 17.3 Å². The lowest BCUT2D eigenvalue weighted by Crippen LogP contribution is -2.09. The maximum absolute atomic E-state index is 13.0. The van der Waals surface area contributed by atoms with Gasteiger partial charge in [-0.3, -0.25) is 4.79 Å². The van der Waals surface area contributed by atoms with Gasteiger partial charge < -0.3 is 9.47 Å². The monoisotopic (exact) mass is 390 g/mol. The minimum atomic E-state index is -0.624. The first-order valence-electron chi connectivity index (χ1n) is 8.91. The van der Waals surface area contributed by atoms with E-state index in [1.165, 1.54) is 37.5 Å². The highest BCUT2D eigenvalue weighted by molar-refractivity contribution is 6.06. The Morgan fingerprint density at radius 1 is 0.862 bits per heavy atom. The summed E-state index contributed by atoms with van der Waals surface area (Å²) in [6.45, 7) is 1.96. The Hall–Kier alpha value is -3.73. The number of rotatable bonds is 6. The summed E-state index contributed by atoms with van der Waals surface area (Å²) in [6, 6.07) is 17.3. The first-order chi connectivity index (χ1) is 14.0. The normalized spacial score (nSPS) is 10.7. The van der Waals surface area contributed by atoms with Crippen LogP contribution in [0.1, 0.15) is 31.8 Å². The summed E-state index contributed by atoms with van der Waals surface area (Å²) in [5.74, 6) is -0.610. The van der Waals surface area contributed by atoms with Crippen LogP contribution in [0.25, 0.3) is 6.08 Å². The number of hydrogen-bond acceptors (Lipinski definition) is 4. The number of carbonyl (C=O) groups is 2. The molecule has 5 heteroatoms. The quantitative estimate of drug-likeness (QED) is 0.249. The molecule has 0 aliphatic heterocycles. The summed E-state index contributed by atoms with van der Waals surface area (Å²) >= 11 is 0. The summed E-state index contributed by atoms with van der Waals surface area (Å²) in [5, 5.41) is 0. The largest absolute Gasteiger partial charge is 0.493 e. The van der Waals surface area contributed by atoms with Crippen molar-refractivity contribution < 1.29 is 23.5 Å². The molecule has 0 aliphatic carbocycles. The lowest BCUT2D eigenvalue weighted by molar-refractivity contribution is 0.0729. The minimum Gasteiger partial charge on any atom is -0.493 e. The number of benzene rings is 3. The summed E-state index contributed by atoms with van der Waals surface area (Å²) < 4.78 is 23.6. The third kappa shape index (κ3) is 5.17. The van der Waals surface area contributed by atoms with Crippen LogP contribution in [0.3, 0.4) is 0 Å².